The zero-order chi connectivity index (χ0) is 13.7. The third-order valence-corrected chi connectivity index (χ3v) is 2.74. The first-order chi connectivity index (χ1) is 9.27. The fourth-order valence-electron chi connectivity index (χ4n) is 1.80. The molecule has 0 unspecified atom stereocenters. The molecule has 0 saturated heterocycles. The molecule has 2 aromatic rings. The lowest BCUT2D eigenvalue weighted by Crippen LogP contribution is -2.31. The minimum atomic E-state index is -0.158. The van der Waals surface area contributed by atoms with E-state index in [9.17, 15) is 4.79 Å². The molecule has 2 aromatic heterocycles. The molecule has 0 atom stereocenters. The van der Waals surface area contributed by atoms with Crippen molar-refractivity contribution in [3.63, 3.8) is 0 Å². The summed E-state index contributed by atoms with van der Waals surface area (Å²) in [7, 11) is 0. The quantitative estimate of drug-likeness (QED) is 0.639. The third-order valence-electron chi connectivity index (χ3n) is 2.74. The van der Waals surface area contributed by atoms with Crippen molar-refractivity contribution in [1.82, 2.24) is 9.97 Å². The number of nitrogens with one attached hydrogen (secondary N) is 1. The highest BCUT2D eigenvalue weighted by molar-refractivity contribution is 6.09. The minimum absolute atomic E-state index is 0.158. The highest BCUT2D eigenvalue weighted by Gasteiger charge is 2.19. The first kappa shape index (κ1) is 13.0. The number of rotatable bonds is 4. The second-order valence-electron chi connectivity index (χ2n) is 3.82. The number of carbonyl (C=O) groups is 1. The molecule has 0 aromatic carbocycles. The van der Waals surface area contributed by atoms with Crippen LogP contribution in [0.2, 0.25) is 0 Å². The van der Waals surface area contributed by atoms with Crippen molar-refractivity contribution in [3.05, 3.63) is 48.5 Å². The Kier molecular flexibility index (Phi) is 4.04. The normalized spacial score (nSPS) is 10.0. The molecule has 2 heterocycles. The molecule has 0 aliphatic heterocycles. The van der Waals surface area contributed by atoms with Crippen LogP contribution in [-0.4, -0.2) is 22.4 Å². The molecule has 6 nitrogen and oxygen atoms in total. The minimum Gasteiger partial charge on any atom is -0.323 e. The molecule has 0 spiro atoms. The zero-order valence-electron chi connectivity index (χ0n) is 10.6. The Hall–Kier alpha value is -2.47. The first-order valence-electron chi connectivity index (χ1n) is 5.90. The fraction of sp³-hybridized carbons (Fsp3) is 0.154. The van der Waals surface area contributed by atoms with Crippen molar-refractivity contribution in [3.8, 4) is 0 Å². The van der Waals surface area contributed by atoms with E-state index >= 15 is 0 Å². The second kappa shape index (κ2) is 5.92. The lowest BCUT2D eigenvalue weighted by molar-refractivity contribution is 0.0988. The van der Waals surface area contributed by atoms with Gasteiger partial charge in [-0.05, 0) is 25.1 Å². The van der Waals surface area contributed by atoms with Gasteiger partial charge in [0, 0.05) is 37.0 Å². The number of hydrogen-bond donors (Lipinski definition) is 2. The smallest absolute Gasteiger partial charge is 0.261 e. The third kappa shape index (κ3) is 2.69. The SMILES string of the molecule is CCN(C(=O)c1cnccc1NN)c1ccncc1. The number of hydrazine groups is 1. The summed E-state index contributed by atoms with van der Waals surface area (Å²) in [5.74, 6) is 5.25. The highest BCUT2D eigenvalue weighted by Crippen LogP contribution is 2.19. The van der Waals surface area contributed by atoms with Crippen LogP contribution >= 0.6 is 0 Å². The Balaban J connectivity index is 2.36. The average Bonchev–Trinajstić information content (AvgIpc) is 2.49. The Morgan fingerprint density at radius 1 is 1.26 bits per heavy atom. The van der Waals surface area contributed by atoms with Crippen molar-refractivity contribution in [2.75, 3.05) is 16.9 Å². The molecule has 0 aliphatic carbocycles. The van der Waals surface area contributed by atoms with Gasteiger partial charge in [-0.15, -0.1) is 0 Å². The summed E-state index contributed by atoms with van der Waals surface area (Å²) in [5, 5.41) is 0. The predicted octanol–water partition coefficient (Wildman–Crippen LogP) is 1.43. The number of carbonyl (C=O) groups excluding carboxylic acids is 1. The molecule has 98 valence electrons. The lowest BCUT2D eigenvalue weighted by Gasteiger charge is -2.21. The Morgan fingerprint density at radius 3 is 2.58 bits per heavy atom. The topological polar surface area (TPSA) is 84.1 Å². The largest absolute Gasteiger partial charge is 0.323 e. The maximum Gasteiger partial charge on any atom is 0.261 e. The van der Waals surface area contributed by atoms with Gasteiger partial charge < -0.3 is 10.3 Å². The van der Waals surface area contributed by atoms with Crippen molar-refractivity contribution in [2.45, 2.75) is 6.92 Å². The number of amides is 1. The highest BCUT2D eigenvalue weighted by atomic mass is 16.2. The number of aromatic nitrogens is 2. The molecule has 0 fully saturated rings. The van der Waals surface area contributed by atoms with Crippen LogP contribution in [0.25, 0.3) is 0 Å². The maximum atomic E-state index is 12.5. The molecule has 19 heavy (non-hydrogen) atoms. The van der Waals surface area contributed by atoms with Crippen molar-refractivity contribution in [2.24, 2.45) is 5.84 Å². The molecule has 1 amide bonds. The fourth-order valence-corrected chi connectivity index (χ4v) is 1.80. The van der Waals surface area contributed by atoms with Gasteiger partial charge in [0.05, 0.1) is 11.3 Å². The molecule has 0 saturated carbocycles. The number of nitrogen functional groups attached to an aromatic ring is 1. The van der Waals surface area contributed by atoms with Crippen LogP contribution < -0.4 is 16.2 Å². The number of nitrogens with zero attached hydrogens (tertiary/aromatic N) is 3. The summed E-state index contributed by atoms with van der Waals surface area (Å²) in [6.07, 6.45) is 6.38. The summed E-state index contributed by atoms with van der Waals surface area (Å²) >= 11 is 0. The van der Waals surface area contributed by atoms with Gasteiger partial charge in [-0.1, -0.05) is 0 Å². The van der Waals surface area contributed by atoms with Crippen LogP contribution in [0.15, 0.2) is 43.0 Å². The van der Waals surface area contributed by atoms with Gasteiger partial charge in [0.15, 0.2) is 0 Å². The second-order valence-corrected chi connectivity index (χ2v) is 3.82. The monoisotopic (exact) mass is 257 g/mol. The van der Waals surface area contributed by atoms with E-state index < -0.39 is 0 Å². The summed E-state index contributed by atoms with van der Waals surface area (Å²) in [6, 6.07) is 5.23. The van der Waals surface area contributed by atoms with Gasteiger partial charge in [-0.3, -0.25) is 20.6 Å². The van der Waals surface area contributed by atoms with E-state index in [1.165, 1.54) is 6.20 Å². The van der Waals surface area contributed by atoms with Gasteiger partial charge >= 0.3 is 0 Å². The molecule has 0 radical (unpaired) electrons. The Bertz CT molecular complexity index is 558. The molecule has 3 N–H and O–H groups in total. The molecule has 0 bridgehead atoms. The Labute approximate surface area is 111 Å². The van der Waals surface area contributed by atoms with Crippen molar-refractivity contribution >= 4 is 17.3 Å². The van der Waals surface area contributed by atoms with E-state index in [1.807, 2.05) is 6.92 Å². The molecular weight excluding hydrogens is 242 g/mol. The molecule has 0 aliphatic rings. The standard InChI is InChI=1S/C13H15N5O/c1-2-18(10-3-6-15-7-4-10)13(19)11-9-16-8-5-12(11)17-14/h3-9H,2,14H2,1H3,(H,16,17). The van der Waals surface area contributed by atoms with Crippen LogP contribution in [0.4, 0.5) is 11.4 Å². The van der Waals surface area contributed by atoms with Crippen LogP contribution in [0.5, 0.6) is 0 Å². The van der Waals surface area contributed by atoms with Crippen molar-refractivity contribution in [1.29, 1.82) is 0 Å². The first-order valence-corrected chi connectivity index (χ1v) is 5.90. The van der Waals surface area contributed by atoms with E-state index in [2.05, 4.69) is 15.4 Å². The van der Waals surface area contributed by atoms with E-state index in [0.717, 1.165) is 5.69 Å². The van der Waals surface area contributed by atoms with E-state index in [-0.39, 0.29) is 5.91 Å². The van der Waals surface area contributed by atoms with E-state index in [1.54, 1.807) is 41.7 Å². The summed E-state index contributed by atoms with van der Waals surface area (Å²) in [5.41, 5.74) is 4.28. The molecule has 2 rings (SSSR count). The number of nitrogens with two attached hydrogens (primary N) is 1. The van der Waals surface area contributed by atoms with Crippen molar-refractivity contribution < 1.29 is 4.79 Å². The van der Waals surface area contributed by atoms with Gasteiger partial charge in [0.1, 0.15) is 0 Å². The predicted molar refractivity (Wildman–Crippen MR) is 73.6 cm³/mol. The van der Waals surface area contributed by atoms with Gasteiger partial charge in [-0.2, -0.15) is 0 Å². The van der Waals surface area contributed by atoms with Gasteiger partial charge in [0.25, 0.3) is 5.91 Å². The number of anilines is 2. The van der Waals surface area contributed by atoms with E-state index in [4.69, 9.17) is 5.84 Å². The zero-order valence-corrected chi connectivity index (χ0v) is 10.6. The van der Waals surface area contributed by atoms with E-state index in [0.29, 0.717) is 17.8 Å². The number of hydrogen-bond acceptors (Lipinski definition) is 5. The Morgan fingerprint density at radius 2 is 1.95 bits per heavy atom. The average molecular weight is 257 g/mol. The van der Waals surface area contributed by atoms with Gasteiger partial charge in [0.2, 0.25) is 0 Å². The van der Waals surface area contributed by atoms with Crippen LogP contribution in [0.1, 0.15) is 17.3 Å². The van der Waals surface area contributed by atoms with Crippen LogP contribution in [0.3, 0.4) is 0 Å². The summed E-state index contributed by atoms with van der Waals surface area (Å²) in [4.78, 5) is 22.1. The summed E-state index contributed by atoms with van der Waals surface area (Å²) < 4.78 is 0. The number of pyridine rings is 2. The summed E-state index contributed by atoms with van der Waals surface area (Å²) in [6.45, 7) is 2.45. The maximum absolute atomic E-state index is 12.5. The molecule has 6 heteroatoms. The van der Waals surface area contributed by atoms with Crippen LogP contribution in [-0.2, 0) is 0 Å². The van der Waals surface area contributed by atoms with Crippen LogP contribution in [0, 0.1) is 0 Å². The van der Waals surface area contributed by atoms with Gasteiger partial charge in [-0.25, -0.2) is 0 Å². The molecular formula is C13H15N5O. The lowest BCUT2D eigenvalue weighted by atomic mass is 10.2.